The lowest BCUT2D eigenvalue weighted by Gasteiger charge is -2.17. The van der Waals surface area contributed by atoms with Gasteiger partial charge in [0.25, 0.3) is 0 Å². The van der Waals surface area contributed by atoms with Gasteiger partial charge in [-0.2, -0.15) is 0 Å². The first-order chi connectivity index (χ1) is 8.66. The van der Waals surface area contributed by atoms with Crippen LogP contribution < -0.4 is 0 Å². The van der Waals surface area contributed by atoms with E-state index in [0.717, 1.165) is 0 Å². The molecule has 3 rings (SSSR count). The molecule has 1 unspecified atom stereocenters. The van der Waals surface area contributed by atoms with E-state index in [1.54, 1.807) is 5.56 Å². The Bertz CT molecular complexity index is 593. The van der Waals surface area contributed by atoms with Crippen LogP contribution in [0.3, 0.4) is 0 Å². The Morgan fingerprint density at radius 2 is 1.50 bits per heavy atom. The Labute approximate surface area is 110 Å². The van der Waals surface area contributed by atoms with E-state index in [1.807, 2.05) is 0 Å². The van der Waals surface area contributed by atoms with Crippen LogP contribution in [-0.4, -0.2) is 0 Å². The minimum absolute atomic E-state index is 0.526. The van der Waals surface area contributed by atoms with Crippen LogP contribution in [0, 0.1) is 13.8 Å². The average Bonchev–Trinajstić information content (AvgIpc) is 2.51. The van der Waals surface area contributed by atoms with Gasteiger partial charge in [-0.25, -0.2) is 0 Å². The molecule has 0 saturated carbocycles. The second kappa shape index (κ2) is 4.28. The van der Waals surface area contributed by atoms with Gasteiger partial charge in [0, 0.05) is 5.92 Å². The van der Waals surface area contributed by atoms with E-state index in [9.17, 15) is 0 Å². The quantitative estimate of drug-likeness (QED) is 0.629. The van der Waals surface area contributed by atoms with Gasteiger partial charge in [-0.1, -0.05) is 43.3 Å². The van der Waals surface area contributed by atoms with Crippen molar-refractivity contribution >= 4 is 0 Å². The summed E-state index contributed by atoms with van der Waals surface area (Å²) in [5.41, 5.74) is 8.95. The van der Waals surface area contributed by atoms with Crippen molar-refractivity contribution in [1.82, 2.24) is 0 Å². The standard InChI is InChI=1S/C18H20/c1-12-10-16-9-8-15-6-4-5-7-17(15)14(3)18(16)11-13(12)2/h4-7,10-11,14H,8-9H2,1-3H3. The van der Waals surface area contributed by atoms with Crippen molar-refractivity contribution in [3.63, 3.8) is 0 Å². The molecule has 0 saturated heterocycles. The second-order valence-electron chi connectivity index (χ2n) is 5.56. The summed E-state index contributed by atoms with van der Waals surface area (Å²) in [6.07, 6.45) is 2.35. The Kier molecular flexibility index (Phi) is 2.74. The topological polar surface area (TPSA) is 0 Å². The van der Waals surface area contributed by atoms with Gasteiger partial charge >= 0.3 is 0 Å². The lowest BCUT2D eigenvalue weighted by Crippen LogP contribution is -2.00. The number of aryl methyl sites for hydroxylation is 4. The lowest BCUT2D eigenvalue weighted by molar-refractivity contribution is 0.908. The van der Waals surface area contributed by atoms with Crippen LogP contribution in [0.2, 0.25) is 0 Å². The summed E-state index contributed by atoms with van der Waals surface area (Å²) < 4.78 is 0. The van der Waals surface area contributed by atoms with Crippen LogP contribution in [0.4, 0.5) is 0 Å². The third-order valence-electron chi connectivity index (χ3n) is 4.41. The largest absolute Gasteiger partial charge is 0.0620 e. The molecule has 0 aromatic heterocycles. The Morgan fingerprint density at radius 1 is 0.833 bits per heavy atom. The summed E-state index contributed by atoms with van der Waals surface area (Å²) >= 11 is 0. The maximum atomic E-state index is 2.40. The van der Waals surface area contributed by atoms with Crippen LogP contribution in [0.1, 0.15) is 46.2 Å². The molecule has 0 bridgehead atoms. The average molecular weight is 236 g/mol. The van der Waals surface area contributed by atoms with E-state index >= 15 is 0 Å². The van der Waals surface area contributed by atoms with E-state index < -0.39 is 0 Å². The van der Waals surface area contributed by atoms with E-state index in [2.05, 4.69) is 57.2 Å². The first kappa shape index (κ1) is 11.5. The van der Waals surface area contributed by atoms with Crippen molar-refractivity contribution in [3.05, 3.63) is 69.8 Å². The molecular formula is C18H20. The highest BCUT2D eigenvalue weighted by molar-refractivity contribution is 5.47. The maximum absolute atomic E-state index is 2.40. The fourth-order valence-corrected chi connectivity index (χ4v) is 3.14. The van der Waals surface area contributed by atoms with Gasteiger partial charge in [-0.05, 0) is 60.1 Å². The SMILES string of the molecule is Cc1cc2c(cc1C)C(C)c1ccccc1CC2. The molecular weight excluding hydrogens is 216 g/mol. The molecule has 0 radical (unpaired) electrons. The highest BCUT2D eigenvalue weighted by Gasteiger charge is 2.20. The maximum Gasteiger partial charge on any atom is 0.00665 e. The molecule has 0 N–H and O–H groups in total. The van der Waals surface area contributed by atoms with Gasteiger partial charge < -0.3 is 0 Å². The van der Waals surface area contributed by atoms with Crippen LogP contribution >= 0.6 is 0 Å². The van der Waals surface area contributed by atoms with Crippen molar-refractivity contribution in [2.24, 2.45) is 0 Å². The van der Waals surface area contributed by atoms with Crippen LogP contribution in [-0.2, 0) is 12.8 Å². The third-order valence-corrected chi connectivity index (χ3v) is 4.41. The summed E-state index contributed by atoms with van der Waals surface area (Å²) in [4.78, 5) is 0. The molecule has 0 aliphatic heterocycles. The molecule has 0 fully saturated rings. The van der Waals surface area contributed by atoms with E-state index in [1.165, 1.54) is 40.7 Å². The van der Waals surface area contributed by atoms with Gasteiger partial charge in [0.05, 0.1) is 0 Å². The van der Waals surface area contributed by atoms with Crippen molar-refractivity contribution < 1.29 is 0 Å². The number of hydrogen-bond acceptors (Lipinski definition) is 0. The van der Waals surface area contributed by atoms with Crippen LogP contribution in [0.25, 0.3) is 0 Å². The first-order valence-corrected chi connectivity index (χ1v) is 6.84. The summed E-state index contributed by atoms with van der Waals surface area (Å²) in [5, 5.41) is 0. The van der Waals surface area contributed by atoms with Crippen LogP contribution in [0.5, 0.6) is 0 Å². The zero-order chi connectivity index (χ0) is 12.7. The first-order valence-electron chi connectivity index (χ1n) is 6.84. The molecule has 0 heterocycles. The van der Waals surface area contributed by atoms with Crippen molar-refractivity contribution in [3.8, 4) is 0 Å². The smallest absolute Gasteiger partial charge is 0.00665 e. The van der Waals surface area contributed by atoms with E-state index in [-0.39, 0.29) is 0 Å². The summed E-state index contributed by atoms with van der Waals surface area (Å²) in [5.74, 6) is 0.526. The molecule has 18 heavy (non-hydrogen) atoms. The molecule has 0 spiro atoms. The normalized spacial score (nSPS) is 17.8. The summed E-state index contributed by atoms with van der Waals surface area (Å²) in [6.45, 7) is 6.79. The molecule has 0 amide bonds. The molecule has 1 aliphatic rings. The molecule has 0 heteroatoms. The summed E-state index contributed by atoms with van der Waals surface area (Å²) in [7, 11) is 0. The predicted molar refractivity (Wildman–Crippen MR) is 77.3 cm³/mol. The Morgan fingerprint density at radius 3 is 2.33 bits per heavy atom. The monoisotopic (exact) mass is 236 g/mol. The minimum Gasteiger partial charge on any atom is -0.0620 e. The zero-order valence-electron chi connectivity index (χ0n) is 11.5. The number of fused-ring (bicyclic) bond motifs is 2. The van der Waals surface area contributed by atoms with E-state index in [0.29, 0.717) is 5.92 Å². The molecule has 92 valence electrons. The van der Waals surface area contributed by atoms with Gasteiger partial charge in [0.2, 0.25) is 0 Å². The van der Waals surface area contributed by atoms with Crippen molar-refractivity contribution in [2.45, 2.75) is 39.5 Å². The number of benzene rings is 2. The molecule has 1 aliphatic carbocycles. The van der Waals surface area contributed by atoms with E-state index in [4.69, 9.17) is 0 Å². The molecule has 0 nitrogen and oxygen atoms in total. The van der Waals surface area contributed by atoms with Crippen molar-refractivity contribution in [1.29, 1.82) is 0 Å². The highest BCUT2D eigenvalue weighted by atomic mass is 14.2. The fraction of sp³-hybridized carbons (Fsp3) is 0.333. The Balaban J connectivity index is 2.19. The molecule has 2 aromatic carbocycles. The van der Waals surface area contributed by atoms with Crippen molar-refractivity contribution in [2.75, 3.05) is 0 Å². The third kappa shape index (κ3) is 1.77. The number of hydrogen-bond donors (Lipinski definition) is 0. The highest BCUT2D eigenvalue weighted by Crippen LogP contribution is 2.34. The lowest BCUT2D eigenvalue weighted by atomic mass is 9.88. The Hall–Kier alpha value is -1.56. The molecule has 1 atom stereocenters. The van der Waals surface area contributed by atoms with Gasteiger partial charge in [0.1, 0.15) is 0 Å². The fourth-order valence-electron chi connectivity index (χ4n) is 3.14. The van der Waals surface area contributed by atoms with Gasteiger partial charge in [-0.3, -0.25) is 0 Å². The second-order valence-corrected chi connectivity index (χ2v) is 5.56. The van der Waals surface area contributed by atoms with Gasteiger partial charge in [0.15, 0.2) is 0 Å². The zero-order valence-corrected chi connectivity index (χ0v) is 11.5. The molecule has 2 aromatic rings. The predicted octanol–water partition coefficient (Wildman–Crippen LogP) is 4.55. The minimum atomic E-state index is 0.526. The van der Waals surface area contributed by atoms with Gasteiger partial charge in [-0.15, -0.1) is 0 Å². The van der Waals surface area contributed by atoms with Crippen LogP contribution in [0.15, 0.2) is 36.4 Å². The number of rotatable bonds is 0. The summed E-state index contributed by atoms with van der Waals surface area (Å²) in [6, 6.07) is 13.7.